The van der Waals surface area contributed by atoms with Crippen molar-refractivity contribution < 1.29 is 0 Å². The average molecular weight is 256 g/mol. The van der Waals surface area contributed by atoms with E-state index in [1.807, 2.05) is 12.1 Å². The predicted molar refractivity (Wildman–Crippen MR) is 77.5 cm³/mol. The number of hydrogen-bond acceptors (Lipinski definition) is 4. The van der Waals surface area contributed by atoms with Crippen LogP contribution in [0.2, 0.25) is 0 Å². The van der Waals surface area contributed by atoms with E-state index in [9.17, 15) is 0 Å². The molecule has 100 valence electrons. The predicted octanol–water partition coefficient (Wildman–Crippen LogP) is 1.79. The largest absolute Gasteiger partial charge is 0.382 e. The molecule has 2 aliphatic heterocycles. The molecule has 0 saturated carbocycles. The molecule has 0 amide bonds. The Morgan fingerprint density at radius 2 is 2.32 bits per heavy atom. The zero-order valence-electron chi connectivity index (χ0n) is 11.2. The van der Waals surface area contributed by atoms with Gasteiger partial charge in [-0.05, 0) is 50.0 Å². The van der Waals surface area contributed by atoms with Crippen molar-refractivity contribution in [2.45, 2.75) is 12.8 Å². The van der Waals surface area contributed by atoms with Gasteiger partial charge >= 0.3 is 0 Å². The number of benzene rings is 1. The van der Waals surface area contributed by atoms with E-state index in [0.717, 1.165) is 36.8 Å². The second-order valence-electron chi connectivity index (χ2n) is 5.41. The van der Waals surface area contributed by atoms with E-state index in [1.54, 1.807) is 0 Å². The maximum atomic E-state index is 8.95. The van der Waals surface area contributed by atoms with Gasteiger partial charge in [-0.2, -0.15) is 5.26 Å². The molecular formula is C15H20N4. The lowest BCUT2D eigenvalue weighted by Crippen LogP contribution is -2.35. The van der Waals surface area contributed by atoms with Crippen LogP contribution >= 0.6 is 0 Å². The number of rotatable bonds is 3. The summed E-state index contributed by atoms with van der Waals surface area (Å²) in [5.41, 5.74) is 3.08. The van der Waals surface area contributed by atoms with E-state index in [1.165, 1.54) is 31.6 Å². The summed E-state index contributed by atoms with van der Waals surface area (Å²) in [6.45, 7) is 5.48. The Labute approximate surface area is 114 Å². The van der Waals surface area contributed by atoms with Crippen molar-refractivity contribution in [1.82, 2.24) is 5.32 Å². The fourth-order valence-corrected chi connectivity index (χ4v) is 3.00. The minimum Gasteiger partial charge on any atom is -0.382 e. The number of nitrogens with one attached hydrogen (secondary N) is 2. The van der Waals surface area contributed by atoms with Gasteiger partial charge in [-0.1, -0.05) is 0 Å². The molecule has 0 radical (unpaired) electrons. The first kappa shape index (κ1) is 12.3. The van der Waals surface area contributed by atoms with Crippen LogP contribution in [0, 0.1) is 17.2 Å². The van der Waals surface area contributed by atoms with Crippen molar-refractivity contribution in [2.24, 2.45) is 5.92 Å². The molecule has 1 saturated heterocycles. The zero-order chi connectivity index (χ0) is 13.1. The molecule has 4 nitrogen and oxygen atoms in total. The van der Waals surface area contributed by atoms with Crippen molar-refractivity contribution in [1.29, 1.82) is 5.26 Å². The second kappa shape index (κ2) is 5.50. The van der Waals surface area contributed by atoms with Gasteiger partial charge in [-0.15, -0.1) is 0 Å². The molecular weight excluding hydrogens is 236 g/mol. The fraction of sp³-hybridized carbons (Fsp3) is 0.533. The minimum absolute atomic E-state index is 0.730. The van der Waals surface area contributed by atoms with Crippen LogP contribution in [0.1, 0.15) is 18.4 Å². The Bertz CT molecular complexity index is 485. The van der Waals surface area contributed by atoms with Crippen LogP contribution in [-0.4, -0.2) is 32.7 Å². The highest BCUT2D eigenvalue weighted by molar-refractivity contribution is 5.73. The standard InChI is InChI=1S/C15H20N4/c16-10-13-1-2-15-14(9-13)18-6-8-19(15)7-4-12-3-5-17-11-12/h1-2,9,12,17-18H,3-8,11H2. The number of hydrogen-bond donors (Lipinski definition) is 2. The van der Waals surface area contributed by atoms with Gasteiger partial charge in [0.25, 0.3) is 0 Å². The molecule has 2 N–H and O–H groups in total. The summed E-state index contributed by atoms with van der Waals surface area (Å²) in [5.74, 6) is 0.830. The first-order valence-electron chi connectivity index (χ1n) is 7.10. The summed E-state index contributed by atoms with van der Waals surface area (Å²) in [5, 5.41) is 15.8. The van der Waals surface area contributed by atoms with Gasteiger partial charge in [0, 0.05) is 19.6 Å². The molecule has 1 fully saturated rings. The van der Waals surface area contributed by atoms with Crippen LogP contribution in [0.4, 0.5) is 11.4 Å². The molecule has 3 rings (SSSR count). The molecule has 1 unspecified atom stereocenters. The maximum Gasteiger partial charge on any atom is 0.0992 e. The third kappa shape index (κ3) is 2.66. The molecule has 0 aliphatic carbocycles. The SMILES string of the molecule is N#Cc1ccc2c(c1)NCCN2CCC1CCNC1. The van der Waals surface area contributed by atoms with E-state index >= 15 is 0 Å². The van der Waals surface area contributed by atoms with Crippen molar-refractivity contribution >= 4 is 11.4 Å². The van der Waals surface area contributed by atoms with Crippen LogP contribution in [0.15, 0.2) is 18.2 Å². The fourth-order valence-electron chi connectivity index (χ4n) is 3.00. The number of anilines is 2. The summed E-state index contributed by atoms with van der Waals surface area (Å²) in [4.78, 5) is 2.45. The van der Waals surface area contributed by atoms with Crippen molar-refractivity contribution in [3.05, 3.63) is 23.8 Å². The van der Waals surface area contributed by atoms with E-state index in [4.69, 9.17) is 5.26 Å². The summed E-state index contributed by atoms with van der Waals surface area (Å²) >= 11 is 0. The molecule has 1 aromatic rings. The van der Waals surface area contributed by atoms with E-state index in [-0.39, 0.29) is 0 Å². The average Bonchev–Trinajstić information content (AvgIpc) is 2.97. The molecule has 2 heterocycles. The summed E-state index contributed by atoms with van der Waals surface area (Å²) in [7, 11) is 0. The quantitative estimate of drug-likeness (QED) is 0.865. The number of fused-ring (bicyclic) bond motifs is 1. The van der Waals surface area contributed by atoms with Crippen LogP contribution < -0.4 is 15.5 Å². The van der Waals surface area contributed by atoms with Gasteiger partial charge in [-0.3, -0.25) is 0 Å². The molecule has 2 aliphatic rings. The Morgan fingerprint density at radius 3 is 3.11 bits per heavy atom. The van der Waals surface area contributed by atoms with Gasteiger partial charge in [0.1, 0.15) is 0 Å². The van der Waals surface area contributed by atoms with Gasteiger partial charge in [0.2, 0.25) is 0 Å². The molecule has 19 heavy (non-hydrogen) atoms. The first-order chi connectivity index (χ1) is 9.36. The van der Waals surface area contributed by atoms with Gasteiger partial charge in [0.15, 0.2) is 0 Å². The van der Waals surface area contributed by atoms with Crippen molar-refractivity contribution in [3.63, 3.8) is 0 Å². The highest BCUT2D eigenvalue weighted by Crippen LogP contribution is 2.30. The molecule has 0 bridgehead atoms. The van der Waals surface area contributed by atoms with Crippen LogP contribution in [0.3, 0.4) is 0 Å². The molecule has 0 aromatic heterocycles. The molecule has 0 spiro atoms. The lowest BCUT2D eigenvalue weighted by atomic mass is 10.0. The maximum absolute atomic E-state index is 8.95. The summed E-state index contributed by atoms with van der Waals surface area (Å²) in [6.07, 6.45) is 2.57. The third-order valence-corrected chi connectivity index (χ3v) is 4.13. The third-order valence-electron chi connectivity index (χ3n) is 4.13. The van der Waals surface area contributed by atoms with Gasteiger partial charge in [0.05, 0.1) is 23.0 Å². The number of nitriles is 1. The normalized spacial score (nSPS) is 21.6. The van der Waals surface area contributed by atoms with Crippen molar-refractivity contribution in [2.75, 3.05) is 42.9 Å². The van der Waals surface area contributed by atoms with E-state index in [2.05, 4.69) is 27.7 Å². The Kier molecular flexibility index (Phi) is 3.56. The van der Waals surface area contributed by atoms with E-state index in [0.29, 0.717) is 0 Å². The van der Waals surface area contributed by atoms with E-state index < -0.39 is 0 Å². The van der Waals surface area contributed by atoms with Gasteiger partial charge < -0.3 is 15.5 Å². The number of nitrogens with zero attached hydrogens (tertiary/aromatic N) is 2. The van der Waals surface area contributed by atoms with Crippen LogP contribution in [-0.2, 0) is 0 Å². The molecule has 1 aromatic carbocycles. The molecule has 1 atom stereocenters. The first-order valence-corrected chi connectivity index (χ1v) is 7.10. The second-order valence-corrected chi connectivity index (χ2v) is 5.41. The lowest BCUT2D eigenvalue weighted by Gasteiger charge is -2.32. The smallest absolute Gasteiger partial charge is 0.0992 e. The summed E-state index contributed by atoms with van der Waals surface area (Å²) < 4.78 is 0. The Balaban J connectivity index is 1.69. The van der Waals surface area contributed by atoms with Crippen LogP contribution in [0.25, 0.3) is 0 Å². The Morgan fingerprint density at radius 1 is 1.37 bits per heavy atom. The monoisotopic (exact) mass is 256 g/mol. The zero-order valence-corrected chi connectivity index (χ0v) is 11.2. The topological polar surface area (TPSA) is 51.1 Å². The minimum atomic E-state index is 0.730. The highest BCUT2D eigenvalue weighted by Gasteiger charge is 2.19. The molecule has 4 heteroatoms. The van der Waals surface area contributed by atoms with Crippen LogP contribution in [0.5, 0.6) is 0 Å². The highest BCUT2D eigenvalue weighted by atomic mass is 15.2. The summed E-state index contributed by atoms with van der Waals surface area (Å²) in [6, 6.07) is 8.15. The van der Waals surface area contributed by atoms with Gasteiger partial charge in [-0.25, -0.2) is 0 Å². The van der Waals surface area contributed by atoms with Crippen molar-refractivity contribution in [3.8, 4) is 6.07 Å². The Hall–Kier alpha value is -1.73. The lowest BCUT2D eigenvalue weighted by molar-refractivity contribution is 0.525.